The van der Waals surface area contributed by atoms with Gasteiger partial charge in [-0.2, -0.15) is 4.98 Å². The van der Waals surface area contributed by atoms with E-state index in [0.29, 0.717) is 10.6 Å². The van der Waals surface area contributed by atoms with Gasteiger partial charge in [0, 0.05) is 12.1 Å². The fourth-order valence-electron chi connectivity index (χ4n) is 1.19. The van der Waals surface area contributed by atoms with Crippen molar-refractivity contribution in [1.82, 2.24) is 4.98 Å². The molecule has 8 heteroatoms. The van der Waals surface area contributed by atoms with Crippen LogP contribution in [0.5, 0.6) is 10.9 Å². The smallest absolute Gasteiger partial charge is 0.280 e. The molecule has 0 aliphatic heterocycles. The zero-order valence-electron chi connectivity index (χ0n) is 8.87. The van der Waals surface area contributed by atoms with E-state index in [1.807, 2.05) is 0 Å². The summed E-state index contributed by atoms with van der Waals surface area (Å²) in [4.78, 5) is 14.4. The van der Waals surface area contributed by atoms with Crippen LogP contribution in [-0.2, 0) is 6.61 Å². The second-order valence-electron chi connectivity index (χ2n) is 3.20. The van der Waals surface area contributed by atoms with E-state index in [2.05, 4.69) is 4.98 Å². The lowest BCUT2D eigenvalue weighted by Crippen LogP contribution is -1.88. The number of aliphatic hydroxyl groups is 1. The number of aliphatic hydroxyl groups excluding tert-OH is 1. The zero-order valence-corrected chi connectivity index (χ0v) is 10.4. The summed E-state index contributed by atoms with van der Waals surface area (Å²) in [6, 6.07) is 5.59. The fraction of sp³-hybridized carbons (Fsp3) is 0.100. The van der Waals surface area contributed by atoms with Crippen molar-refractivity contribution in [3.63, 3.8) is 0 Å². The molecule has 0 saturated heterocycles. The maximum atomic E-state index is 10.5. The highest BCUT2D eigenvalue weighted by Gasteiger charge is 2.11. The molecular weight excluding hydrogens is 280 g/mol. The van der Waals surface area contributed by atoms with Crippen molar-refractivity contribution >= 4 is 28.6 Å². The van der Waals surface area contributed by atoms with Gasteiger partial charge in [0.2, 0.25) is 0 Å². The van der Waals surface area contributed by atoms with Crippen molar-refractivity contribution in [2.24, 2.45) is 0 Å². The number of nitro benzene ring substituents is 1. The Morgan fingerprint density at radius 3 is 2.61 bits per heavy atom. The van der Waals surface area contributed by atoms with Gasteiger partial charge >= 0.3 is 0 Å². The molecule has 0 amide bonds. The van der Waals surface area contributed by atoms with Gasteiger partial charge in [0.25, 0.3) is 10.9 Å². The first-order valence-corrected chi connectivity index (χ1v) is 5.98. The van der Waals surface area contributed by atoms with E-state index >= 15 is 0 Å². The Bertz CT molecular complexity index is 570. The molecule has 0 aliphatic carbocycles. The lowest BCUT2D eigenvalue weighted by atomic mass is 10.3. The third-order valence-corrected chi connectivity index (χ3v) is 3.37. The molecule has 2 rings (SSSR count). The van der Waals surface area contributed by atoms with E-state index in [0.717, 1.165) is 11.3 Å². The van der Waals surface area contributed by atoms with Crippen LogP contribution in [0.1, 0.15) is 4.88 Å². The maximum absolute atomic E-state index is 10.5. The number of nitro groups is 1. The summed E-state index contributed by atoms with van der Waals surface area (Å²) in [7, 11) is 0. The van der Waals surface area contributed by atoms with Gasteiger partial charge in [-0.05, 0) is 12.1 Å². The Labute approximate surface area is 111 Å². The van der Waals surface area contributed by atoms with Crippen LogP contribution in [0.25, 0.3) is 0 Å². The Kier molecular flexibility index (Phi) is 3.75. The summed E-state index contributed by atoms with van der Waals surface area (Å²) in [5.41, 5.74) is -0.0180. The van der Waals surface area contributed by atoms with Crippen LogP contribution >= 0.6 is 22.9 Å². The maximum Gasteiger partial charge on any atom is 0.280 e. The number of halogens is 1. The number of rotatable bonds is 4. The van der Waals surface area contributed by atoms with E-state index in [1.165, 1.54) is 24.3 Å². The number of aromatic nitrogens is 1. The van der Waals surface area contributed by atoms with Gasteiger partial charge in [-0.15, -0.1) is 0 Å². The third kappa shape index (κ3) is 2.76. The molecule has 6 nitrogen and oxygen atoms in total. The summed E-state index contributed by atoms with van der Waals surface area (Å²) in [6.45, 7) is -0.208. The van der Waals surface area contributed by atoms with Crippen LogP contribution in [0, 0.1) is 10.1 Å². The second-order valence-corrected chi connectivity index (χ2v) is 4.61. The molecule has 0 unspecified atom stereocenters. The molecule has 0 saturated carbocycles. The molecule has 0 atom stereocenters. The van der Waals surface area contributed by atoms with E-state index in [9.17, 15) is 10.1 Å². The molecule has 0 fully saturated rings. The lowest BCUT2D eigenvalue weighted by Gasteiger charge is -2.00. The van der Waals surface area contributed by atoms with Gasteiger partial charge in [-0.1, -0.05) is 22.9 Å². The van der Waals surface area contributed by atoms with Gasteiger partial charge in [-0.25, -0.2) is 0 Å². The normalized spacial score (nSPS) is 10.3. The number of nitrogens with zero attached hydrogens (tertiary/aromatic N) is 2. The summed E-state index contributed by atoms with van der Waals surface area (Å²) in [5.74, 6) is 0.413. The Balaban J connectivity index is 2.15. The Hall–Kier alpha value is -1.70. The van der Waals surface area contributed by atoms with Gasteiger partial charge in [0.1, 0.15) is 10.9 Å². The number of ether oxygens (including phenoxy) is 1. The number of non-ortho nitro benzene ring substituents is 1. The van der Waals surface area contributed by atoms with Gasteiger partial charge in [0.05, 0.1) is 16.4 Å². The highest BCUT2D eigenvalue weighted by atomic mass is 35.5. The minimum atomic E-state index is -0.492. The minimum absolute atomic E-state index is 0.0180. The SMILES string of the molecule is O=[N+]([O-])c1ccc(Oc2nc(Cl)c(CO)s2)cc1. The highest BCUT2D eigenvalue weighted by Crippen LogP contribution is 2.32. The summed E-state index contributed by atoms with van der Waals surface area (Å²) in [5, 5.41) is 19.9. The van der Waals surface area contributed by atoms with Gasteiger partial charge in [0.15, 0.2) is 0 Å². The molecule has 1 aromatic heterocycles. The molecule has 18 heavy (non-hydrogen) atoms. The van der Waals surface area contributed by atoms with Crippen LogP contribution in [0.4, 0.5) is 5.69 Å². The first kappa shape index (κ1) is 12.7. The Morgan fingerprint density at radius 1 is 1.44 bits per heavy atom. The highest BCUT2D eigenvalue weighted by molar-refractivity contribution is 7.13. The van der Waals surface area contributed by atoms with Crippen molar-refractivity contribution in [2.45, 2.75) is 6.61 Å². The van der Waals surface area contributed by atoms with Gasteiger partial charge < -0.3 is 9.84 Å². The van der Waals surface area contributed by atoms with Crippen LogP contribution in [-0.4, -0.2) is 15.0 Å². The molecular formula is C10H7ClN2O4S. The second kappa shape index (κ2) is 5.30. The summed E-state index contributed by atoms with van der Waals surface area (Å²) in [6.07, 6.45) is 0. The predicted octanol–water partition coefficient (Wildman–Crippen LogP) is 2.99. The number of thiazole rings is 1. The monoisotopic (exact) mass is 286 g/mol. The lowest BCUT2D eigenvalue weighted by molar-refractivity contribution is -0.384. The minimum Gasteiger partial charge on any atom is -0.431 e. The molecule has 0 radical (unpaired) electrons. The number of hydrogen-bond acceptors (Lipinski definition) is 6. The van der Waals surface area contributed by atoms with E-state index in [-0.39, 0.29) is 22.6 Å². The average molecular weight is 287 g/mol. The first-order chi connectivity index (χ1) is 8.60. The third-order valence-electron chi connectivity index (χ3n) is 2.03. The summed E-state index contributed by atoms with van der Waals surface area (Å²) >= 11 is 6.86. The fourth-order valence-corrected chi connectivity index (χ4v) is 2.17. The zero-order chi connectivity index (χ0) is 13.1. The molecule has 94 valence electrons. The van der Waals surface area contributed by atoms with E-state index in [1.54, 1.807) is 0 Å². The average Bonchev–Trinajstić information content (AvgIpc) is 2.70. The van der Waals surface area contributed by atoms with Crippen molar-refractivity contribution in [3.05, 3.63) is 44.4 Å². The molecule has 0 bridgehead atoms. The molecule has 0 aliphatic rings. The van der Waals surface area contributed by atoms with E-state index in [4.69, 9.17) is 21.4 Å². The van der Waals surface area contributed by atoms with Crippen LogP contribution < -0.4 is 4.74 Å². The van der Waals surface area contributed by atoms with Crippen molar-refractivity contribution < 1.29 is 14.8 Å². The topological polar surface area (TPSA) is 85.5 Å². The van der Waals surface area contributed by atoms with Crippen LogP contribution in [0.15, 0.2) is 24.3 Å². The Morgan fingerprint density at radius 2 is 2.11 bits per heavy atom. The summed E-state index contributed by atoms with van der Waals surface area (Å²) < 4.78 is 5.37. The van der Waals surface area contributed by atoms with Gasteiger partial charge in [-0.3, -0.25) is 10.1 Å². The van der Waals surface area contributed by atoms with Crippen molar-refractivity contribution in [3.8, 4) is 10.9 Å². The molecule has 1 N–H and O–H groups in total. The molecule has 1 heterocycles. The standard InChI is InChI=1S/C10H7ClN2O4S/c11-9-8(5-14)18-10(12-9)17-7-3-1-6(2-4-7)13(15)16/h1-4,14H,5H2. The largest absolute Gasteiger partial charge is 0.431 e. The van der Waals surface area contributed by atoms with Crippen molar-refractivity contribution in [2.75, 3.05) is 0 Å². The molecule has 2 aromatic rings. The number of hydrogen-bond donors (Lipinski definition) is 1. The predicted molar refractivity (Wildman–Crippen MR) is 66.2 cm³/mol. The first-order valence-electron chi connectivity index (χ1n) is 4.78. The molecule has 0 spiro atoms. The quantitative estimate of drug-likeness (QED) is 0.690. The number of benzene rings is 1. The van der Waals surface area contributed by atoms with Crippen LogP contribution in [0.3, 0.4) is 0 Å². The van der Waals surface area contributed by atoms with Crippen molar-refractivity contribution in [1.29, 1.82) is 0 Å². The van der Waals surface area contributed by atoms with Crippen LogP contribution in [0.2, 0.25) is 5.15 Å². The van der Waals surface area contributed by atoms with E-state index < -0.39 is 4.92 Å². The molecule has 1 aromatic carbocycles.